The van der Waals surface area contributed by atoms with E-state index in [4.69, 9.17) is 21.4 Å². The Labute approximate surface area is 195 Å². The predicted octanol–water partition coefficient (Wildman–Crippen LogP) is 3.92. The summed E-state index contributed by atoms with van der Waals surface area (Å²) in [4.78, 5) is 12.2. The highest BCUT2D eigenvalue weighted by Gasteiger charge is 2.19. The Morgan fingerprint density at radius 2 is 1.85 bits per heavy atom. The SMILES string of the molecule is COc1ccc(-c2nn(-c3ccc(C(=O)NS(C)(=O)=O)cc3C#N)c3ccc(Cl)cc23)cc1. The Balaban J connectivity index is 1.88. The smallest absolute Gasteiger partial charge is 0.264 e. The second-order valence-corrected chi connectivity index (χ2v) is 9.38. The van der Waals surface area contributed by atoms with Crippen molar-refractivity contribution < 1.29 is 17.9 Å². The molecule has 1 amide bonds. The average molecular weight is 481 g/mol. The van der Waals surface area contributed by atoms with Crippen LogP contribution in [-0.4, -0.2) is 37.5 Å². The van der Waals surface area contributed by atoms with Crippen LogP contribution >= 0.6 is 11.6 Å². The van der Waals surface area contributed by atoms with Gasteiger partial charge in [0.2, 0.25) is 10.0 Å². The van der Waals surface area contributed by atoms with Crippen molar-refractivity contribution in [3.05, 3.63) is 76.8 Å². The number of aromatic nitrogens is 2. The summed E-state index contributed by atoms with van der Waals surface area (Å²) in [6.07, 6.45) is 0.881. The van der Waals surface area contributed by atoms with Crippen LogP contribution < -0.4 is 9.46 Å². The molecule has 0 saturated heterocycles. The van der Waals surface area contributed by atoms with Gasteiger partial charge >= 0.3 is 0 Å². The van der Waals surface area contributed by atoms with Gasteiger partial charge in [0.1, 0.15) is 17.5 Å². The highest BCUT2D eigenvalue weighted by atomic mass is 35.5. The molecule has 0 fully saturated rings. The van der Waals surface area contributed by atoms with E-state index < -0.39 is 15.9 Å². The van der Waals surface area contributed by atoms with E-state index in [1.807, 2.05) is 29.0 Å². The highest BCUT2D eigenvalue weighted by molar-refractivity contribution is 7.89. The standard InChI is InChI=1S/C23H17ClN4O4S/c1-32-18-7-3-14(4-8-18)22-19-12-17(24)6-10-21(19)28(26-22)20-9-5-15(11-16(20)13-25)23(29)27-33(2,30)31/h3-12H,1-2H3,(H,27,29). The molecule has 8 nitrogen and oxygen atoms in total. The lowest BCUT2D eigenvalue weighted by atomic mass is 10.1. The normalized spacial score (nSPS) is 11.2. The molecule has 3 aromatic carbocycles. The summed E-state index contributed by atoms with van der Waals surface area (Å²) in [6.45, 7) is 0. The first-order valence-electron chi connectivity index (χ1n) is 9.59. The molecule has 0 saturated carbocycles. The molecule has 0 aliphatic heterocycles. The second kappa shape index (κ2) is 8.58. The Hall–Kier alpha value is -3.87. The number of hydrogen-bond acceptors (Lipinski definition) is 6. The summed E-state index contributed by atoms with van der Waals surface area (Å²) in [5, 5.41) is 15.8. The number of hydrogen-bond donors (Lipinski definition) is 1. The third-order valence-electron chi connectivity index (χ3n) is 4.89. The van der Waals surface area contributed by atoms with Gasteiger partial charge in [-0.1, -0.05) is 11.6 Å². The summed E-state index contributed by atoms with van der Waals surface area (Å²) in [6, 6.07) is 19.1. The summed E-state index contributed by atoms with van der Waals surface area (Å²) in [5.74, 6) is -0.119. The number of nitrogens with zero attached hydrogens (tertiary/aromatic N) is 3. The molecular formula is C23H17ClN4O4S. The number of nitriles is 1. The maximum Gasteiger partial charge on any atom is 0.264 e. The Kier molecular flexibility index (Phi) is 5.80. The number of sulfonamides is 1. The molecule has 10 heteroatoms. The molecule has 0 atom stereocenters. The van der Waals surface area contributed by atoms with Crippen LogP contribution in [0.25, 0.3) is 27.8 Å². The maximum absolute atomic E-state index is 12.2. The Bertz CT molecular complexity index is 1540. The third-order valence-corrected chi connectivity index (χ3v) is 5.68. The van der Waals surface area contributed by atoms with Gasteiger partial charge in [-0.3, -0.25) is 4.79 Å². The number of ether oxygens (including phenoxy) is 1. The number of carbonyl (C=O) groups is 1. The van der Waals surface area contributed by atoms with Crippen LogP contribution in [0.5, 0.6) is 5.75 Å². The number of fused-ring (bicyclic) bond motifs is 1. The van der Waals surface area contributed by atoms with Crippen molar-refractivity contribution in [2.45, 2.75) is 0 Å². The minimum atomic E-state index is -3.74. The lowest BCUT2D eigenvalue weighted by Gasteiger charge is -2.08. The first kappa shape index (κ1) is 22.3. The molecule has 4 rings (SSSR count). The molecule has 166 valence electrons. The van der Waals surface area contributed by atoms with Crippen molar-refractivity contribution >= 4 is 38.4 Å². The lowest BCUT2D eigenvalue weighted by molar-refractivity contribution is 0.0981. The number of benzene rings is 3. The Morgan fingerprint density at radius 1 is 1.12 bits per heavy atom. The Morgan fingerprint density at radius 3 is 2.48 bits per heavy atom. The van der Waals surface area contributed by atoms with Crippen molar-refractivity contribution in [2.24, 2.45) is 0 Å². The van der Waals surface area contributed by atoms with Crippen molar-refractivity contribution in [3.63, 3.8) is 0 Å². The molecule has 1 aromatic heterocycles. The summed E-state index contributed by atoms with van der Waals surface area (Å²) >= 11 is 6.25. The number of methoxy groups -OCH3 is 1. The summed E-state index contributed by atoms with van der Waals surface area (Å²) in [7, 11) is -2.15. The van der Waals surface area contributed by atoms with E-state index in [0.29, 0.717) is 27.7 Å². The van der Waals surface area contributed by atoms with Gasteiger partial charge < -0.3 is 4.74 Å². The maximum atomic E-state index is 12.2. The third kappa shape index (κ3) is 4.53. The molecule has 1 heterocycles. The number of halogens is 1. The molecular weight excluding hydrogens is 464 g/mol. The van der Waals surface area contributed by atoms with Crippen molar-refractivity contribution in [3.8, 4) is 28.8 Å². The van der Waals surface area contributed by atoms with Crippen LogP contribution in [0.4, 0.5) is 0 Å². The molecule has 4 aromatic rings. The van der Waals surface area contributed by atoms with E-state index in [9.17, 15) is 18.5 Å². The van der Waals surface area contributed by atoms with Crippen LogP contribution in [0, 0.1) is 11.3 Å². The van der Waals surface area contributed by atoms with Crippen LogP contribution in [0.1, 0.15) is 15.9 Å². The molecule has 33 heavy (non-hydrogen) atoms. The van der Waals surface area contributed by atoms with Crippen molar-refractivity contribution in [1.82, 2.24) is 14.5 Å². The van der Waals surface area contributed by atoms with E-state index in [-0.39, 0.29) is 11.1 Å². The van der Waals surface area contributed by atoms with Gasteiger partial charge in [-0.2, -0.15) is 10.4 Å². The first-order valence-corrected chi connectivity index (χ1v) is 11.9. The second-order valence-electron chi connectivity index (χ2n) is 7.20. The number of amides is 1. The van der Waals surface area contributed by atoms with Crippen LogP contribution in [0.15, 0.2) is 60.7 Å². The van der Waals surface area contributed by atoms with Gasteiger partial charge in [0.25, 0.3) is 5.91 Å². The van der Waals surface area contributed by atoms with Gasteiger partial charge in [-0.25, -0.2) is 17.8 Å². The minimum absolute atomic E-state index is 0.0376. The average Bonchev–Trinajstić information content (AvgIpc) is 3.16. The van der Waals surface area contributed by atoms with Crippen LogP contribution in [0.2, 0.25) is 5.02 Å². The fourth-order valence-electron chi connectivity index (χ4n) is 3.41. The number of carbonyl (C=O) groups excluding carboxylic acids is 1. The minimum Gasteiger partial charge on any atom is -0.497 e. The number of rotatable bonds is 5. The van der Waals surface area contributed by atoms with Gasteiger partial charge in [-0.15, -0.1) is 0 Å². The number of nitrogens with one attached hydrogen (secondary N) is 1. The van der Waals surface area contributed by atoms with Gasteiger partial charge in [-0.05, 0) is 60.7 Å². The fourth-order valence-corrected chi connectivity index (χ4v) is 4.04. The van der Waals surface area contributed by atoms with Crippen molar-refractivity contribution in [2.75, 3.05) is 13.4 Å². The molecule has 0 aliphatic carbocycles. The van der Waals surface area contributed by atoms with E-state index >= 15 is 0 Å². The topological polar surface area (TPSA) is 114 Å². The van der Waals surface area contributed by atoms with Gasteiger partial charge in [0.05, 0.1) is 30.1 Å². The van der Waals surface area contributed by atoms with E-state index in [1.54, 1.807) is 36.1 Å². The largest absolute Gasteiger partial charge is 0.497 e. The van der Waals surface area contributed by atoms with Gasteiger partial charge in [0, 0.05) is 21.5 Å². The molecule has 0 spiro atoms. The quantitative estimate of drug-likeness (QED) is 0.463. The zero-order valence-electron chi connectivity index (χ0n) is 17.5. The summed E-state index contributed by atoms with van der Waals surface area (Å²) < 4.78 is 31.5. The van der Waals surface area contributed by atoms with E-state index in [0.717, 1.165) is 17.2 Å². The molecule has 0 unspecified atom stereocenters. The van der Waals surface area contributed by atoms with Crippen molar-refractivity contribution in [1.29, 1.82) is 5.26 Å². The van der Waals surface area contributed by atoms with Crippen LogP contribution in [-0.2, 0) is 10.0 Å². The van der Waals surface area contributed by atoms with E-state index in [1.165, 1.54) is 12.1 Å². The van der Waals surface area contributed by atoms with Crippen LogP contribution in [0.3, 0.4) is 0 Å². The predicted molar refractivity (Wildman–Crippen MR) is 125 cm³/mol. The highest BCUT2D eigenvalue weighted by Crippen LogP contribution is 2.33. The molecule has 0 radical (unpaired) electrons. The zero-order valence-corrected chi connectivity index (χ0v) is 19.1. The zero-order chi connectivity index (χ0) is 23.8. The lowest BCUT2D eigenvalue weighted by Crippen LogP contribution is -2.29. The van der Waals surface area contributed by atoms with E-state index in [2.05, 4.69) is 6.07 Å². The molecule has 0 bridgehead atoms. The molecule has 0 aliphatic rings. The fraction of sp³-hybridized carbons (Fsp3) is 0.0870. The summed E-state index contributed by atoms with van der Waals surface area (Å²) in [5.41, 5.74) is 2.80. The monoisotopic (exact) mass is 480 g/mol. The van der Waals surface area contributed by atoms with Gasteiger partial charge in [0.15, 0.2) is 0 Å². The molecule has 1 N–H and O–H groups in total. The first-order chi connectivity index (χ1) is 15.7.